The summed E-state index contributed by atoms with van der Waals surface area (Å²) in [6.45, 7) is 0. The Morgan fingerprint density at radius 1 is 1.11 bits per heavy atom. The Labute approximate surface area is 151 Å². The molecule has 0 saturated heterocycles. The van der Waals surface area contributed by atoms with Gasteiger partial charge in [0.1, 0.15) is 11.4 Å². The van der Waals surface area contributed by atoms with Crippen LogP contribution in [0.25, 0.3) is 0 Å². The molecule has 0 saturated carbocycles. The first-order valence-electron chi connectivity index (χ1n) is 5.26. The molecule has 0 heterocycles. The van der Waals surface area contributed by atoms with Gasteiger partial charge in [-0.15, -0.1) is 0 Å². The van der Waals surface area contributed by atoms with Crippen molar-refractivity contribution < 1.29 is 15.3 Å². The molecule has 19 heavy (non-hydrogen) atoms. The molecule has 6 heteroatoms. The molecule has 0 amide bonds. The Morgan fingerprint density at radius 3 is 2.53 bits per heavy atom. The highest BCUT2D eigenvalue weighted by atomic mass is 127. The van der Waals surface area contributed by atoms with E-state index in [1.54, 1.807) is 12.1 Å². The molecule has 2 aromatic carbocycles. The fourth-order valence-electron chi connectivity index (χ4n) is 1.48. The largest absolute Gasteiger partial charge is 0.423 e. The van der Waals surface area contributed by atoms with Crippen LogP contribution in [0.1, 0.15) is 10.4 Å². The highest BCUT2D eigenvalue weighted by molar-refractivity contribution is 14.1. The summed E-state index contributed by atoms with van der Waals surface area (Å²) in [6.07, 6.45) is 0. The average Bonchev–Trinajstić information content (AvgIpc) is 2.33. The van der Waals surface area contributed by atoms with Crippen molar-refractivity contribution in [3.05, 3.63) is 52.7 Å². The fraction of sp³-hybridized carbons (Fsp3) is 0. The zero-order chi connectivity index (χ0) is 14.0. The van der Waals surface area contributed by atoms with Gasteiger partial charge in [0.2, 0.25) is 0 Å². The number of carbonyl (C=O) groups is 1. The minimum absolute atomic E-state index is 0.341. The number of quaternary nitrogens is 1. The highest BCUT2D eigenvalue weighted by Gasteiger charge is 2.16. The number of carbonyl (C=O) groups excluding carboxylic acids is 1. The van der Waals surface area contributed by atoms with Gasteiger partial charge in [-0.05, 0) is 92.0 Å². The Bertz CT molecular complexity index is 644. The second kappa shape index (κ2) is 6.68. The summed E-state index contributed by atoms with van der Waals surface area (Å²) < 4.78 is 8.35. The topological polar surface area (TPSA) is 53.9 Å². The van der Waals surface area contributed by atoms with Gasteiger partial charge in [0.15, 0.2) is 0 Å². The van der Waals surface area contributed by atoms with Crippen molar-refractivity contribution in [3.8, 4) is 5.75 Å². The Hall–Kier alpha value is 0.0600. The predicted octanol–water partition coefficient (Wildman–Crippen LogP) is 3.59. The van der Waals surface area contributed by atoms with Crippen LogP contribution in [-0.2, 0) is 0 Å². The SMILES string of the molecule is [NH3+]c1cccc(OC(=O)c2cc(I)cc(I)c2I)c1. The average molecular weight is 592 g/mol. The normalized spacial score (nSPS) is 10.3. The van der Waals surface area contributed by atoms with E-state index in [4.69, 9.17) is 4.74 Å². The summed E-state index contributed by atoms with van der Waals surface area (Å²) in [6, 6.07) is 11.0. The molecule has 0 spiro atoms. The molecule has 3 N–H and O–H groups in total. The lowest BCUT2D eigenvalue weighted by atomic mass is 10.2. The van der Waals surface area contributed by atoms with E-state index in [0.29, 0.717) is 11.3 Å². The van der Waals surface area contributed by atoms with Gasteiger partial charge in [-0.25, -0.2) is 4.79 Å². The number of hydrogen-bond acceptors (Lipinski definition) is 2. The first-order chi connectivity index (χ1) is 8.97. The lowest BCUT2D eigenvalue weighted by Crippen LogP contribution is -2.39. The third kappa shape index (κ3) is 4.02. The number of halogens is 3. The van der Waals surface area contributed by atoms with Crippen LogP contribution in [-0.4, -0.2) is 5.97 Å². The molecule has 3 nitrogen and oxygen atoms in total. The number of rotatable bonds is 2. The molecule has 0 bridgehead atoms. The number of esters is 1. The third-order valence-electron chi connectivity index (χ3n) is 2.32. The molecule has 0 fully saturated rings. The molecule has 0 unspecified atom stereocenters. The number of hydrogen-bond donors (Lipinski definition) is 1. The van der Waals surface area contributed by atoms with Gasteiger partial charge < -0.3 is 10.5 Å². The molecule has 0 aliphatic rings. The summed E-state index contributed by atoms with van der Waals surface area (Å²) in [5.41, 5.74) is 5.22. The maximum absolute atomic E-state index is 12.2. The molecule has 0 aromatic heterocycles. The van der Waals surface area contributed by atoms with Crippen LogP contribution in [0.5, 0.6) is 5.75 Å². The van der Waals surface area contributed by atoms with E-state index in [1.165, 1.54) is 0 Å². The molecule has 2 aromatic rings. The van der Waals surface area contributed by atoms with Crippen molar-refractivity contribution in [2.24, 2.45) is 0 Å². The first-order valence-corrected chi connectivity index (χ1v) is 8.50. The quantitative estimate of drug-likeness (QED) is 0.251. The van der Waals surface area contributed by atoms with Crippen molar-refractivity contribution in [2.75, 3.05) is 0 Å². The monoisotopic (exact) mass is 592 g/mol. The molecule has 0 atom stereocenters. The smallest absolute Gasteiger partial charge is 0.344 e. The maximum atomic E-state index is 12.2. The van der Waals surface area contributed by atoms with E-state index in [2.05, 4.69) is 73.5 Å². The van der Waals surface area contributed by atoms with Gasteiger partial charge in [-0.1, -0.05) is 6.07 Å². The third-order valence-corrected chi connectivity index (χ3v) is 5.99. The summed E-state index contributed by atoms with van der Waals surface area (Å²) in [7, 11) is 0. The van der Waals surface area contributed by atoms with Crippen molar-refractivity contribution in [2.45, 2.75) is 0 Å². The second-order valence-corrected chi connectivity index (χ2v) is 7.27. The number of benzene rings is 2. The van der Waals surface area contributed by atoms with Crippen LogP contribution in [0.3, 0.4) is 0 Å². The minimum atomic E-state index is -0.341. The summed E-state index contributed by atoms with van der Waals surface area (Å²) in [4.78, 5) is 12.2. The van der Waals surface area contributed by atoms with E-state index in [-0.39, 0.29) is 5.97 Å². The highest BCUT2D eigenvalue weighted by Crippen LogP contribution is 2.24. The zero-order valence-electron chi connectivity index (χ0n) is 9.62. The Balaban J connectivity index is 2.30. The van der Waals surface area contributed by atoms with Gasteiger partial charge in [0.25, 0.3) is 0 Å². The molecule has 0 aliphatic carbocycles. The lowest BCUT2D eigenvalue weighted by molar-refractivity contribution is -0.254. The van der Waals surface area contributed by atoms with E-state index in [1.807, 2.05) is 24.3 Å². The van der Waals surface area contributed by atoms with Gasteiger partial charge in [-0.3, -0.25) is 0 Å². The predicted molar refractivity (Wildman–Crippen MR) is 98.5 cm³/mol. The summed E-state index contributed by atoms with van der Waals surface area (Å²) in [5, 5.41) is 0. The second-order valence-electron chi connectivity index (χ2n) is 3.79. The fourth-order valence-corrected chi connectivity index (χ4v) is 3.85. The molecule has 98 valence electrons. The molecule has 0 radical (unpaired) electrons. The van der Waals surface area contributed by atoms with E-state index < -0.39 is 0 Å². The van der Waals surface area contributed by atoms with E-state index in [0.717, 1.165) is 16.4 Å². The molecular weight excluding hydrogens is 583 g/mol. The number of ether oxygens (including phenoxy) is 1. The van der Waals surface area contributed by atoms with Crippen LogP contribution in [0.2, 0.25) is 0 Å². The van der Waals surface area contributed by atoms with Crippen LogP contribution >= 0.6 is 67.8 Å². The van der Waals surface area contributed by atoms with Gasteiger partial charge >= 0.3 is 5.97 Å². The van der Waals surface area contributed by atoms with E-state index >= 15 is 0 Å². The van der Waals surface area contributed by atoms with Crippen LogP contribution in [0.15, 0.2) is 36.4 Å². The molecule has 2 rings (SSSR count). The summed E-state index contributed by atoms with van der Waals surface area (Å²) in [5.74, 6) is 0.175. The minimum Gasteiger partial charge on any atom is -0.423 e. The summed E-state index contributed by atoms with van der Waals surface area (Å²) >= 11 is 6.57. The van der Waals surface area contributed by atoms with Crippen molar-refractivity contribution in [1.29, 1.82) is 0 Å². The van der Waals surface area contributed by atoms with Crippen molar-refractivity contribution in [3.63, 3.8) is 0 Å². The lowest BCUT2D eigenvalue weighted by Gasteiger charge is -2.08. The van der Waals surface area contributed by atoms with Crippen LogP contribution < -0.4 is 10.5 Å². The van der Waals surface area contributed by atoms with Crippen molar-refractivity contribution >= 4 is 79.4 Å². The molecule has 0 aliphatic heterocycles. The van der Waals surface area contributed by atoms with Crippen LogP contribution in [0, 0.1) is 10.7 Å². The van der Waals surface area contributed by atoms with Gasteiger partial charge in [0, 0.05) is 16.8 Å². The van der Waals surface area contributed by atoms with Crippen molar-refractivity contribution in [1.82, 2.24) is 0 Å². The molecular formula is C13H9I3NO2+. The maximum Gasteiger partial charge on any atom is 0.344 e. The Kier molecular flexibility index (Phi) is 5.43. The zero-order valence-corrected chi connectivity index (χ0v) is 16.1. The van der Waals surface area contributed by atoms with Gasteiger partial charge in [-0.2, -0.15) is 0 Å². The standard InChI is InChI=1S/C13H8I3NO2/c14-7-4-10(12(16)11(15)5-7)13(18)19-9-3-1-2-8(17)6-9/h1-6H,17H2/p+1. The van der Waals surface area contributed by atoms with Gasteiger partial charge in [0.05, 0.1) is 5.56 Å². The first kappa shape index (κ1) is 15.4. The van der Waals surface area contributed by atoms with E-state index in [9.17, 15) is 4.79 Å². The van der Waals surface area contributed by atoms with Crippen LogP contribution in [0.4, 0.5) is 5.69 Å². The Morgan fingerprint density at radius 2 is 1.84 bits per heavy atom.